The average molecular weight is 172 g/mol. The van der Waals surface area contributed by atoms with E-state index >= 15 is 0 Å². The lowest BCUT2D eigenvalue weighted by molar-refractivity contribution is -0.308. The maximum absolute atomic E-state index is 9.72. The Kier molecular flexibility index (Phi) is 1.90. The van der Waals surface area contributed by atoms with Gasteiger partial charge in [0.15, 0.2) is 5.79 Å². The van der Waals surface area contributed by atoms with E-state index in [0.29, 0.717) is 0 Å². The van der Waals surface area contributed by atoms with Gasteiger partial charge in [-0.2, -0.15) is 0 Å². The number of aliphatic hydroxyl groups excluding tert-OH is 1. The number of rotatable bonds is 1. The highest BCUT2D eigenvalue weighted by Crippen LogP contribution is 2.40. The first-order chi connectivity index (χ1) is 5.64. The smallest absolute Gasteiger partial charge is 0.166 e. The first-order valence-electron chi connectivity index (χ1n) is 4.68. The lowest BCUT2D eigenvalue weighted by Gasteiger charge is -2.38. The quantitative estimate of drug-likeness (QED) is 0.642. The van der Waals surface area contributed by atoms with Crippen LogP contribution in [0.25, 0.3) is 0 Å². The van der Waals surface area contributed by atoms with E-state index in [4.69, 9.17) is 9.47 Å². The van der Waals surface area contributed by atoms with Crippen molar-refractivity contribution >= 4 is 0 Å². The topological polar surface area (TPSA) is 38.7 Å². The molecule has 2 fully saturated rings. The molecule has 0 unspecified atom stereocenters. The number of hydrogen-bond donors (Lipinski definition) is 1. The molecular weight excluding hydrogens is 156 g/mol. The summed E-state index contributed by atoms with van der Waals surface area (Å²) in [5, 5.41) is 9.72. The second-order valence-corrected chi connectivity index (χ2v) is 3.88. The first-order valence-corrected chi connectivity index (χ1v) is 4.68. The van der Waals surface area contributed by atoms with E-state index in [9.17, 15) is 5.11 Å². The van der Waals surface area contributed by atoms with E-state index in [0.717, 1.165) is 19.3 Å². The van der Waals surface area contributed by atoms with Crippen molar-refractivity contribution in [2.24, 2.45) is 0 Å². The van der Waals surface area contributed by atoms with E-state index in [2.05, 4.69) is 0 Å². The fourth-order valence-electron chi connectivity index (χ4n) is 2.12. The third-order valence-electron chi connectivity index (χ3n) is 2.85. The van der Waals surface area contributed by atoms with E-state index in [-0.39, 0.29) is 12.2 Å². The summed E-state index contributed by atoms with van der Waals surface area (Å²) in [7, 11) is 0. The summed E-state index contributed by atoms with van der Waals surface area (Å²) in [5.41, 5.74) is 0. The Labute approximate surface area is 72.7 Å². The second-order valence-electron chi connectivity index (χ2n) is 3.88. The molecule has 1 N–H and O–H groups in total. The summed E-state index contributed by atoms with van der Waals surface area (Å²) in [6.07, 6.45) is 2.24. The lowest BCUT2D eigenvalue weighted by atomic mass is 10.0. The maximum atomic E-state index is 9.72. The minimum absolute atomic E-state index is 0.00806. The van der Waals surface area contributed by atoms with Gasteiger partial charge in [-0.1, -0.05) is 6.92 Å². The van der Waals surface area contributed by atoms with Crippen LogP contribution in [0.1, 0.15) is 33.1 Å². The molecule has 3 heteroatoms. The molecule has 2 aliphatic rings. The largest absolute Gasteiger partial charge is 0.388 e. The lowest BCUT2D eigenvalue weighted by Crippen LogP contribution is -2.49. The first kappa shape index (κ1) is 8.48. The van der Waals surface area contributed by atoms with Gasteiger partial charge in [0, 0.05) is 6.42 Å². The van der Waals surface area contributed by atoms with Crippen molar-refractivity contribution < 1.29 is 14.6 Å². The Hall–Kier alpha value is -0.120. The van der Waals surface area contributed by atoms with E-state index in [1.807, 2.05) is 13.8 Å². The number of ether oxygens (including phenoxy) is 2. The molecule has 0 radical (unpaired) electrons. The predicted molar refractivity (Wildman–Crippen MR) is 43.7 cm³/mol. The normalized spacial score (nSPS) is 52.8. The van der Waals surface area contributed by atoms with Gasteiger partial charge in [-0.3, -0.25) is 0 Å². The van der Waals surface area contributed by atoms with Crippen molar-refractivity contribution in [2.45, 2.75) is 57.2 Å². The minimum Gasteiger partial charge on any atom is -0.388 e. The monoisotopic (exact) mass is 172 g/mol. The predicted octanol–water partition coefficient (Wildman–Crippen LogP) is 1.05. The molecule has 0 spiro atoms. The van der Waals surface area contributed by atoms with Crippen LogP contribution < -0.4 is 0 Å². The second kappa shape index (κ2) is 2.69. The van der Waals surface area contributed by atoms with Crippen LogP contribution in [0.5, 0.6) is 0 Å². The molecule has 70 valence electrons. The fourth-order valence-corrected chi connectivity index (χ4v) is 2.12. The van der Waals surface area contributed by atoms with Crippen LogP contribution in [-0.4, -0.2) is 29.2 Å². The van der Waals surface area contributed by atoms with Crippen LogP contribution in [0.3, 0.4) is 0 Å². The molecule has 2 aliphatic heterocycles. The number of hydrogen-bond acceptors (Lipinski definition) is 3. The SMILES string of the molecule is CC[C@H]1O[C@@]2(C)CC[C@H](O2)[C@H]1O. The van der Waals surface area contributed by atoms with E-state index < -0.39 is 11.9 Å². The van der Waals surface area contributed by atoms with Gasteiger partial charge in [-0.05, 0) is 19.8 Å². The summed E-state index contributed by atoms with van der Waals surface area (Å²) in [6, 6.07) is 0. The van der Waals surface area contributed by atoms with Gasteiger partial charge in [0.1, 0.15) is 6.10 Å². The summed E-state index contributed by atoms with van der Waals surface area (Å²) < 4.78 is 11.2. The third-order valence-corrected chi connectivity index (χ3v) is 2.85. The summed E-state index contributed by atoms with van der Waals surface area (Å²) in [4.78, 5) is 0. The molecule has 0 aromatic rings. The maximum Gasteiger partial charge on any atom is 0.166 e. The van der Waals surface area contributed by atoms with Crippen LogP contribution in [0.15, 0.2) is 0 Å². The Morgan fingerprint density at radius 2 is 2.25 bits per heavy atom. The Bertz CT molecular complexity index is 183. The molecule has 2 bridgehead atoms. The molecule has 2 saturated heterocycles. The molecule has 0 saturated carbocycles. The Morgan fingerprint density at radius 3 is 2.92 bits per heavy atom. The van der Waals surface area contributed by atoms with Gasteiger partial charge in [0.05, 0.1) is 12.2 Å². The Balaban J connectivity index is 2.14. The van der Waals surface area contributed by atoms with Crippen molar-refractivity contribution in [2.75, 3.05) is 0 Å². The van der Waals surface area contributed by atoms with Crippen LogP contribution >= 0.6 is 0 Å². The van der Waals surface area contributed by atoms with Crippen molar-refractivity contribution in [1.82, 2.24) is 0 Å². The van der Waals surface area contributed by atoms with E-state index in [1.165, 1.54) is 0 Å². The van der Waals surface area contributed by atoms with Crippen LogP contribution in [0, 0.1) is 0 Å². The molecule has 0 aliphatic carbocycles. The highest BCUT2D eigenvalue weighted by Gasteiger charge is 2.49. The standard InChI is InChI=1S/C9H16O3/c1-3-6-8(10)7-4-5-9(2,11-6)12-7/h6-8,10H,3-5H2,1-2H3/t6-,7+,8+,9-/m1/s1. The van der Waals surface area contributed by atoms with Gasteiger partial charge in [0.2, 0.25) is 0 Å². The molecule has 0 aromatic carbocycles. The van der Waals surface area contributed by atoms with Crippen LogP contribution in [-0.2, 0) is 9.47 Å². The van der Waals surface area contributed by atoms with Gasteiger partial charge < -0.3 is 14.6 Å². The molecule has 4 atom stereocenters. The molecular formula is C9H16O3. The molecule has 3 nitrogen and oxygen atoms in total. The molecule has 0 amide bonds. The zero-order chi connectivity index (χ0) is 8.77. The molecule has 12 heavy (non-hydrogen) atoms. The van der Waals surface area contributed by atoms with Crippen molar-refractivity contribution in [3.8, 4) is 0 Å². The molecule has 2 rings (SSSR count). The zero-order valence-corrected chi connectivity index (χ0v) is 7.62. The van der Waals surface area contributed by atoms with Gasteiger partial charge in [-0.15, -0.1) is 0 Å². The number of fused-ring (bicyclic) bond motifs is 2. The van der Waals surface area contributed by atoms with Gasteiger partial charge in [-0.25, -0.2) is 0 Å². The van der Waals surface area contributed by atoms with Gasteiger partial charge >= 0.3 is 0 Å². The van der Waals surface area contributed by atoms with Crippen LogP contribution in [0.4, 0.5) is 0 Å². The fraction of sp³-hybridized carbons (Fsp3) is 1.00. The highest BCUT2D eigenvalue weighted by atomic mass is 16.7. The number of aliphatic hydroxyl groups is 1. The summed E-state index contributed by atoms with van der Waals surface area (Å²) >= 11 is 0. The Morgan fingerprint density at radius 1 is 1.50 bits per heavy atom. The van der Waals surface area contributed by atoms with Crippen molar-refractivity contribution in [3.05, 3.63) is 0 Å². The van der Waals surface area contributed by atoms with Crippen molar-refractivity contribution in [3.63, 3.8) is 0 Å². The van der Waals surface area contributed by atoms with Gasteiger partial charge in [0.25, 0.3) is 0 Å². The van der Waals surface area contributed by atoms with Crippen molar-refractivity contribution in [1.29, 1.82) is 0 Å². The molecule has 2 heterocycles. The van der Waals surface area contributed by atoms with E-state index in [1.54, 1.807) is 0 Å². The summed E-state index contributed by atoms with van der Waals surface area (Å²) in [5.74, 6) is -0.412. The third kappa shape index (κ3) is 1.16. The highest BCUT2D eigenvalue weighted by molar-refractivity contribution is 4.91. The zero-order valence-electron chi connectivity index (χ0n) is 7.62. The minimum atomic E-state index is -0.425. The summed E-state index contributed by atoms with van der Waals surface area (Å²) in [6.45, 7) is 3.99. The molecule has 0 aromatic heterocycles. The average Bonchev–Trinajstić information content (AvgIpc) is 2.38. The van der Waals surface area contributed by atoms with Crippen LogP contribution in [0.2, 0.25) is 0 Å².